The van der Waals surface area contributed by atoms with Crippen LogP contribution in [0.5, 0.6) is 0 Å². The number of sulfone groups is 1. The fraction of sp³-hybridized carbons (Fsp3) is 1.00. The number of alkyl halides is 1. The normalized spacial score (nSPS) is 19.5. The quantitative estimate of drug-likeness (QED) is 0.718. The molecule has 0 aliphatic heterocycles. The van der Waals surface area contributed by atoms with Gasteiger partial charge in [-0.15, -0.1) is 0 Å². The highest BCUT2D eigenvalue weighted by molar-refractivity contribution is 9.09. The minimum Gasteiger partial charge on any atom is -0.229 e. The molecule has 0 unspecified atom stereocenters. The summed E-state index contributed by atoms with van der Waals surface area (Å²) in [4.78, 5) is 0. The van der Waals surface area contributed by atoms with Crippen LogP contribution in [0, 0.1) is 5.92 Å². The molecule has 1 aliphatic carbocycles. The van der Waals surface area contributed by atoms with E-state index in [4.69, 9.17) is 0 Å². The summed E-state index contributed by atoms with van der Waals surface area (Å²) in [7, 11) is -2.76. The average Bonchev–Trinajstić information content (AvgIpc) is 2.52. The molecule has 0 saturated heterocycles. The largest absolute Gasteiger partial charge is 0.229 e. The van der Waals surface area contributed by atoms with Gasteiger partial charge in [0, 0.05) is 5.33 Å². The zero-order valence-corrected chi connectivity index (χ0v) is 10.2. The van der Waals surface area contributed by atoms with Gasteiger partial charge >= 0.3 is 0 Å². The van der Waals surface area contributed by atoms with Crippen LogP contribution >= 0.6 is 15.9 Å². The van der Waals surface area contributed by atoms with Gasteiger partial charge in [-0.1, -0.05) is 28.8 Å². The molecule has 2 nitrogen and oxygen atoms in total. The van der Waals surface area contributed by atoms with Gasteiger partial charge in [-0.25, -0.2) is 8.42 Å². The molecule has 1 aliphatic rings. The minimum atomic E-state index is -2.76. The van der Waals surface area contributed by atoms with E-state index in [1.54, 1.807) is 0 Å². The lowest BCUT2D eigenvalue weighted by atomic mass is 10.1. The van der Waals surface area contributed by atoms with Gasteiger partial charge in [0.2, 0.25) is 0 Å². The fourth-order valence-corrected chi connectivity index (χ4v) is 4.35. The summed E-state index contributed by atoms with van der Waals surface area (Å²) in [6.07, 6.45) is 5.42. The third-order valence-corrected chi connectivity index (χ3v) is 5.00. The predicted molar refractivity (Wildman–Crippen MR) is 59.0 cm³/mol. The molecule has 0 amide bonds. The molecule has 13 heavy (non-hydrogen) atoms. The van der Waals surface area contributed by atoms with Crippen LogP contribution < -0.4 is 0 Å². The Bertz CT molecular complexity index is 230. The van der Waals surface area contributed by atoms with E-state index in [0.717, 1.165) is 24.6 Å². The third-order valence-electron chi connectivity index (χ3n) is 2.55. The van der Waals surface area contributed by atoms with E-state index >= 15 is 0 Å². The number of rotatable bonds is 5. The fourth-order valence-electron chi connectivity index (χ4n) is 1.89. The van der Waals surface area contributed by atoms with Crippen LogP contribution in [0.2, 0.25) is 0 Å². The molecule has 78 valence electrons. The molecular formula is C9H17BrO2S. The second kappa shape index (κ2) is 5.35. The highest BCUT2D eigenvalue weighted by Gasteiger charge is 2.21. The summed E-state index contributed by atoms with van der Waals surface area (Å²) >= 11 is 3.25. The van der Waals surface area contributed by atoms with E-state index in [0.29, 0.717) is 17.4 Å². The smallest absolute Gasteiger partial charge is 0.150 e. The molecule has 1 fully saturated rings. The molecule has 0 bridgehead atoms. The first-order valence-electron chi connectivity index (χ1n) is 4.90. The maximum absolute atomic E-state index is 11.5. The van der Waals surface area contributed by atoms with E-state index in [9.17, 15) is 8.42 Å². The van der Waals surface area contributed by atoms with Crippen molar-refractivity contribution in [3.8, 4) is 0 Å². The first-order chi connectivity index (χ1) is 6.14. The van der Waals surface area contributed by atoms with Crippen molar-refractivity contribution in [3.63, 3.8) is 0 Å². The molecule has 1 rings (SSSR count). The van der Waals surface area contributed by atoms with Crippen molar-refractivity contribution in [1.82, 2.24) is 0 Å². The predicted octanol–water partition coefficient (Wildman–Crippen LogP) is 2.38. The number of hydrogen-bond acceptors (Lipinski definition) is 2. The van der Waals surface area contributed by atoms with E-state index in [-0.39, 0.29) is 0 Å². The summed E-state index contributed by atoms with van der Waals surface area (Å²) in [6, 6.07) is 0. The Balaban J connectivity index is 2.32. The molecule has 0 N–H and O–H groups in total. The van der Waals surface area contributed by atoms with Gasteiger partial charge in [0.25, 0.3) is 0 Å². The van der Waals surface area contributed by atoms with E-state index < -0.39 is 9.84 Å². The van der Waals surface area contributed by atoms with Crippen molar-refractivity contribution in [3.05, 3.63) is 0 Å². The minimum absolute atomic E-state index is 0.356. The second-order valence-corrected chi connectivity index (χ2v) is 6.83. The molecule has 0 heterocycles. The molecule has 0 atom stereocenters. The molecule has 4 heteroatoms. The van der Waals surface area contributed by atoms with Crippen molar-refractivity contribution >= 4 is 25.8 Å². The van der Waals surface area contributed by atoms with Crippen LogP contribution in [0.25, 0.3) is 0 Å². The van der Waals surface area contributed by atoms with E-state index in [1.807, 2.05) is 0 Å². The summed E-state index contributed by atoms with van der Waals surface area (Å²) in [6.45, 7) is 0. The van der Waals surface area contributed by atoms with Gasteiger partial charge in [0.05, 0.1) is 11.5 Å². The van der Waals surface area contributed by atoms with E-state index in [1.165, 1.54) is 12.8 Å². The molecule has 0 aromatic heterocycles. The number of halogens is 1. The van der Waals surface area contributed by atoms with Gasteiger partial charge in [-0.2, -0.15) is 0 Å². The highest BCUT2D eigenvalue weighted by atomic mass is 79.9. The first-order valence-corrected chi connectivity index (χ1v) is 7.85. The SMILES string of the molecule is O=S(=O)(CCCBr)CC1CCCC1. The molecule has 0 aromatic carbocycles. The Morgan fingerprint density at radius 1 is 1.23 bits per heavy atom. The van der Waals surface area contributed by atoms with Crippen LogP contribution in [0.15, 0.2) is 0 Å². The standard InChI is InChI=1S/C9H17BrO2S/c10-6-3-7-13(11,12)8-9-4-1-2-5-9/h9H,1-8H2. The van der Waals surface area contributed by atoms with Crippen molar-refractivity contribution in [2.45, 2.75) is 32.1 Å². The van der Waals surface area contributed by atoms with Crippen LogP contribution in [0.4, 0.5) is 0 Å². The van der Waals surface area contributed by atoms with Crippen LogP contribution in [0.3, 0.4) is 0 Å². The Morgan fingerprint density at radius 3 is 2.38 bits per heavy atom. The van der Waals surface area contributed by atoms with Crippen LogP contribution in [0.1, 0.15) is 32.1 Å². The van der Waals surface area contributed by atoms with Crippen molar-refractivity contribution in [2.75, 3.05) is 16.8 Å². The highest BCUT2D eigenvalue weighted by Crippen LogP contribution is 2.26. The first kappa shape index (κ1) is 11.5. The number of hydrogen-bond donors (Lipinski definition) is 0. The molecule has 1 saturated carbocycles. The summed E-state index contributed by atoms with van der Waals surface area (Å²) in [5, 5.41) is 0.789. The van der Waals surface area contributed by atoms with Gasteiger partial charge < -0.3 is 0 Å². The third kappa shape index (κ3) is 4.45. The molecule has 0 aromatic rings. The monoisotopic (exact) mass is 268 g/mol. The molecule has 0 spiro atoms. The van der Waals surface area contributed by atoms with Crippen molar-refractivity contribution in [1.29, 1.82) is 0 Å². The zero-order chi connectivity index (χ0) is 9.73. The Morgan fingerprint density at radius 2 is 1.85 bits per heavy atom. The molecule has 0 radical (unpaired) electrons. The second-order valence-electron chi connectivity index (χ2n) is 3.81. The van der Waals surface area contributed by atoms with Gasteiger partial charge in [-0.05, 0) is 25.2 Å². The van der Waals surface area contributed by atoms with Crippen LogP contribution in [-0.4, -0.2) is 25.3 Å². The Labute approximate surface area is 89.1 Å². The lowest BCUT2D eigenvalue weighted by Crippen LogP contribution is -2.17. The lowest BCUT2D eigenvalue weighted by Gasteiger charge is -2.08. The van der Waals surface area contributed by atoms with Gasteiger partial charge in [0.15, 0.2) is 9.84 Å². The van der Waals surface area contributed by atoms with Gasteiger partial charge in [0.1, 0.15) is 0 Å². The Kier molecular flexibility index (Phi) is 4.73. The van der Waals surface area contributed by atoms with Crippen LogP contribution in [-0.2, 0) is 9.84 Å². The zero-order valence-electron chi connectivity index (χ0n) is 7.84. The molecular weight excluding hydrogens is 252 g/mol. The van der Waals surface area contributed by atoms with E-state index in [2.05, 4.69) is 15.9 Å². The summed E-state index contributed by atoms with van der Waals surface area (Å²) in [5.74, 6) is 1.25. The average molecular weight is 269 g/mol. The lowest BCUT2D eigenvalue weighted by molar-refractivity contribution is 0.558. The van der Waals surface area contributed by atoms with Crippen molar-refractivity contribution < 1.29 is 8.42 Å². The summed E-state index contributed by atoms with van der Waals surface area (Å²) in [5.41, 5.74) is 0. The van der Waals surface area contributed by atoms with Crippen molar-refractivity contribution in [2.24, 2.45) is 5.92 Å². The maximum atomic E-state index is 11.5. The summed E-state index contributed by atoms with van der Waals surface area (Å²) < 4.78 is 23.0. The van der Waals surface area contributed by atoms with Gasteiger partial charge in [-0.3, -0.25) is 0 Å². The Hall–Kier alpha value is 0.430. The topological polar surface area (TPSA) is 34.1 Å². The maximum Gasteiger partial charge on any atom is 0.150 e.